The van der Waals surface area contributed by atoms with E-state index in [1.165, 1.54) is 11.1 Å². The topological polar surface area (TPSA) is 54.7 Å². The predicted octanol–water partition coefficient (Wildman–Crippen LogP) is 3.13. The van der Waals surface area contributed by atoms with Gasteiger partial charge in [0.1, 0.15) is 0 Å². The molecule has 6 heteroatoms. The van der Waals surface area contributed by atoms with Gasteiger partial charge in [0.2, 0.25) is 0 Å². The van der Waals surface area contributed by atoms with Gasteiger partial charge in [-0.05, 0) is 29.7 Å². The Bertz CT molecular complexity index is 957. The van der Waals surface area contributed by atoms with Gasteiger partial charge in [-0.25, -0.2) is 4.98 Å². The zero-order valence-corrected chi connectivity index (χ0v) is 17.2. The first-order valence-corrected chi connectivity index (χ1v) is 10.2. The Morgan fingerprint density at radius 1 is 1.21 bits per heavy atom. The summed E-state index contributed by atoms with van der Waals surface area (Å²) >= 11 is 0. The molecular formula is C23H29N5O. The summed E-state index contributed by atoms with van der Waals surface area (Å²) in [6.45, 7) is 4.28. The van der Waals surface area contributed by atoms with Gasteiger partial charge in [-0.3, -0.25) is 4.99 Å². The Morgan fingerprint density at radius 3 is 2.76 bits per heavy atom. The summed E-state index contributed by atoms with van der Waals surface area (Å²) in [6.07, 6.45) is 3.05. The van der Waals surface area contributed by atoms with Gasteiger partial charge >= 0.3 is 0 Å². The Labute approximate surface area is 172 Å². The predicted molar refractivity (Wildman–Crippen MR) is 117 cm³/mol. The molecular weight excluding hydrogens is 362 g/mol. The SMILES string of the molecule is CN=C(NCc1ccc(Cn2cnc3ccccc32)cc1)N(C)CC1CCOC1. The highest BCUT2D eigenvalue weighted by Gasteiger charge is 2.19. The quantitative estimate of drug-likeness (QED) is 0.518. The van der Waals surface area contributed by atoms with Crippen LogP contribution in [-0.4, -0.2) is 54.3 Å². The number of guanidine groups is 1. The molecule has 29 heavy (non-hydrogen) atoms. The molecule has 1 aliphatic heterocycles. The number of ether oxygens (including phenoxy) is 1. The van der Waals surface area contributed by atoms with E-state index in [1.807, 2.05) is 25.5 Å². The summed E-state index contributed by atoms with van der Waals surface area (Å²) < 4.78 is 7.67. The number of nitrogens with zero attached hydrogens (tertiary/aromatic N) is 4. The fourth-order valence-electron chi connectivity index (χ4n) is 3.86. The van der Waals surface area contributed by atoms with Crippen molar-refractivity contribution >= 4 is 17.0 Å². The van der Waals surface area contributed by atoms with E-state index in [4.69, 9.17) is 4.74 Å². The molecule has 1 saturated heterocycles. The molecule has 0 spiro atoms. The highest BCUT2D eigenvalue weighted by molar-refractivity contribution is 5.79. The van der Waals surface area contributed by atoms with Gasteiger partial charge in [0.15, 0.2) is 5.96 Å². The molecule has 3 aromatic rings. The molecule has 1 aliphatic rings. The first-order valence-electron chi connectivity index (χ1n) is 10.2. The van der Waals surface area contributed by atoms with Crippen LogP contribution in [0.2, 0.25) is 0 Å². The van der Waals surface area contributed by atoms with Crippen LogP contribution in [0.25, 0.3) is 11.0 Å². The van der Waals surface area contributed by atoms with Gasteiger partial charge < -0.3 is 19.5 Å². The number of aromatic nitrogens is 2. The smallest absolute Gasteiger partial charge is 0.193 e. The number of rotatable bonds is 6. The summed E-state index contributed by atoms with van der Waals surface area (Å²) in [5, 5.41) is 3.47. The minimum atomic E-state index is 0.595. The van der Waals surface area contributed by atoms with E-state index in [9.17, 15) is 0 Å². The molecule has 152 valence electrons. The summed E-state index contributed by atoms with van der Waals surface area (Å²) in [7, 11) is 3.93. The van der Waals surface area contributed by atoms with Gasteiger partial charge in [0.05, 0.1) is 24.0 Å². The molecule has 1 unspecified atom stereocenters. The van der Waals surface area contributed by atoms with E-state index in [0.29, 0.717) is 5.92 Å². The zero-order chi connectivity index (χ0) is 20.1. The highest BCUT2D eigenvalue weighted by atomic mass is 16.5. The number of imidazole rings is 1. The average molecular weight is 392 g/mol. The van der Waals surface area contributed by atoms with Gasteiger partial charge in [-0.15, -0.1) is 0 Å². The maximum absolute atomic E-state index is 5.48. The van der Waals surface area contributed by atoms with E-state index < -0.39 is 0 Å². The third kappa shape index (κ3) is 4.77. The molecule has 0 aliphatic carbocycles. The summed E-state index contributed by atoms with van der Waals surface area (Å²) in [5.41, 5.74) is 4.70. The number of hydrogen-bond donors (Lipinski definition) is 1. The van der Waals surface area contributed by atoms with E-state index >= 15 is 0 Å². The van der Waals surface area contributed by atoms with E-state index in [-0.39, 0.29) is 0 Å². The van der Waals surface area contributed by atoms with Gasteiger partial charge in [-0.2, -0.15) is 0 Å². The number of aliphatic imine (C=N–C) groups is 1. The third-order valence-electron chi connectivity index (χ3n) is 5.48. The second kappa shape index (κ2) is 9.09. The molecule has 1 aromatic heterocycles. The van der Waals surface area contributed by atoms with Crippen LogP contribution in [-0.2, 0) is 17.8 Å². The Hall–Kier alpha value is -2.86. The van der Waals surface area contributed by atoms with Crippen molar-refractivity contribution in [1.82, 2.24) is 19.8 Å². The zero-order valence-electron chi connectivity index (χ0n) is 17.2. The van der Waals surface area contributed by atoms with Crippen molar-refractivity contribution in [2.45, 2.75) is 19.5 Å². The van der Waals surface area contributed by atoms with Crippen LogP contribution in [0.3, 0.4) is 0 Å². The van der Waals surface area contributed by atoms with E-state index in [0.717, 1.165) is 56.3 Å². The molecule has 2 heterocycles. The summed E-state index contributed by atoms with van der Waals surface area (Å²) in [4.78, 5) is 11.1. The van der Waals surface area contributed by atoms with Crippen molar-refractivity contribution in [3.05, 3.63) is 66.0 Å². The summed E-state index contributed by atoms with van der Waals surface area (Å²) in [6, 6.07) is 17.0. The molecule has 2 aromatic carbocycles. The summed E-state index contributed by atoms with van der Waals surface area (Å²) in [5.74, 6) is 1.52. The van der Waals surface area contributed by atoms with Gasteiger partial charge in [-0.1, -0.05) is 36.4 Å². The molecule has 0 saturated carbocycles. The van der Waals surface area contributed by atoms with Crippen LogP contribution in [0, 0.1) is 5.92 Å². The molecule has 0 amide bonds. The van der Waals surface area contributed by atoms with Gasteiger partial charge in [0.25, 0.3) is 0 Å². The molecule has 6 nitrogen and oxygen atoms in total. The van der Waals surface area contributed by atoms with Gasteiger partial charge in [0, 0.05) is 46.3 Å². The minimum Gasteiger partial charge on any atom is -0.381 e. The lowest BCUT2D eigenvalue weighted by Crippen LogP contribution is -2.41. The second-order valence-corrected chi connectivity index (χ2v) is 7.69. The fraction of sp³-hybridized carbons (Fsp3) is 0.391. The first kappa shape index (κ1) is 19.5. The largest absolute Gasteiger partial charge is 0.381 e. The number of nitrogens with one attached hydrogen (secondary N) is 1. The molecule has 1 N–H and O–H groups in total. The Balaban J connectivity index is 1.33. The molecule has 0 radical (unpaired) electrons. The highest BCUT2D eigenvalue weighted by Crippen LogP contribution is 2.15. The minimum absolute atomic E-state index is 0.595. The maximum Gasteiger partial charge on any atom is 0.193 e. The van der Waals surface area contributed by atoms with E-state index in [2.05, 4.69) is 68.2 Å². The molecule has 1 atom stereocenters. The Morgan fingerprint density at radius 2 is 2.00 bits per heavy atom. The number of fused-ring (bicyclic) bond motifs is 1. The monoisotopic (exact) mass is 391 g/mol. The normalized spacial score (nSPS) is 17.0. The van der Waals surface area contributed by atoms with Crippen LogP contribution in [0.4, 0.5) is 0 Å². The van der Waals surface area contributed by atoms with Crippen LogP contribution in [0.5, 0.6) is 0 Å². The second-order valence-electron chi connectivity index (χ2n) is 7.69. The van der Waals surface area contributed by atoms with Crippen LogP contribution in [0.15, 0.2) is 59.9 Å². The van der Waals surface area contributed by atoms with E-state index in [1.54, 1.807) is 0 Å². The lowest BCUT2D eigenvalue weighted by molar-refractivity contribution is 0.181. The number of para-hydroxylation sites is 2. The van der Waals surface area contributed by atoms with Crippen molar-refractivity contribution in [2.75, 3.05) is 33.9 Å². The molecule has 4 rings (SSSR count). The lowest BCUT2D eigenvalue weighted by atomic mass is 10.1. The Kier molecular flexibility index (Phi) is 6.10. The van der Waals surface area contributed by atoms with Crippen molar-refractivity contribution < 1.29 is 4.74 Å². The lowest BCUT2D eigenvalue weighted by Gasteiger charge is -2.24. The van der Waals surface area contributed by atoms with Crippen LogP contribution in [0.1, 0.15) is 17.5 Å². The number of hydrogen-bond acceptors (Lipinski definition) is 3. The fourth-order valence-corrected chi connectivity index (χ4v) is 3.86. The molecule has 1 fully saturated rings. The first-order chi connectivity index (χ1) is 14.2. The van der Waals surface area contributed by atoms with Crippen LogP contribution >= 0.6 is 0 Å². The van der Waals surface area contributed by atoms with Crippen LogP contribution < -0.4 is 5.32 Å². The molecule has 0 bridgehead atoms. The standard InChI is InChI=1S/C23H29N5O/c1-24-23(27(2)14-20-11-12-29-16-20)25-13-18-7-9-19(10-8-18)15-28-17-26-21-5-3-4-6-22(21)28/h3-10,17,20H,11-16H2,1-2H3,(H,24,25). The van der Waals surface area contributed by atoms with Crippen molar-refractivity contribution in [3.8, 4) is 0 Å². The van der Waals surface area contributed by atoms with Crippen molar-refractivity contribution in [1.29, 1.82) is 0 Å². The average Bonchev–Trinajstić information content (AvgIpc) is 3.40. The number of benzene rings is 2. The third-order valence-corrected chi connectivity index (χ3v) is 5.48. The van der Waals surface area contributed by atoms with Crippen molar-refractivity contribution in [2.24, 2.45) is 10.9 Å². The van der Waals surface area contributed by atoms with Crippen molar-refractivity contribution in [3.63, 3.8) is 0 Å². The maximum atomic E-state index is 5.48.